The number of hydrogen-bond acceptors (Lipinski definition) is 20. The van der Waals surface area contributed by atoms with Gasteiger partial charge in [-0.2, -0.15) is 0 Å². The van der Waals surface area contributed by atoms with Crippen LogP contribution in [0.2, 0.25) is 0 Å². The largest absolute Gasteiger partial charge is 0.508 e. The third kappa shape index (κ3) is 8.36. The molecule has 4 radical (unpaired) electrons. The van der Waals surface area contributed by atoms with Crippen LogP contribution in [-0.4, -0.2) is 108 Å². The summed E-state index contributed by atoms with van der Waals surface area (Å²) in [4.78, 5) is 2.93. The Bertz CT molecular complexity index is 4410. The molecule has 0 atom stereocenters. The lowest BCUT2D eigenvalue weighted by atomic mass is 9.83. The van der Waals surface area contributed by atoms with Crippen LogP contribution in [0.3, 0.4) is 0 Å². The number of benzene rings is 12. The summed E-state index contributed by atoms with van der Waals surface area (Å²) in [7, 11) is 12.3. The lowest BCUT2D eigenvalue weighted by molar-refractivity contribution is 0.330. The van der Waals surface area contributed by atoms with Gasteiger partial charge in [0.05, 0.1) is 28.1 Å². The van der Waals surface area contributed by atoms with E-state index in [4.69, 9.17) is 15.7 Å². The average Bonchev–Trinajstić information content (AvgIpc) is 1.26. The van der Waals surface area contributed by atoms with Crippen molar-refractivity contribution in [3.05, 3.63) is 145 Å². The normalized spacial score (nSPS) is 11.5. The smallest absolute Gasteiger partial charge is 0.208 e. The summed E-state index contributed by atoms with van der Waals surface area (Å²) in [5.41, 5.74) is -4.94. The van der Waals surface area contributed by atoms with Gasteiger partial charge >= 0.3 is 0 Å². The van der Waals surface area contributed by atoms with Gasteiger partial charge in [0.15, 0.2) is 46.0 Å². The van der Waals surface area contributed by atoms with Gasteiger partial charge in [-0.25, -0.2) is 8.78 Å². The number of anilines is 6. The number of halogens is 2. The molecular formula is C64H40B2F2N2O18. The second kappa shape index (κ2) is 20.2. The van der Waals surface area contributed by atoms with Gasteiger partial charge < -0.3 is 102 Å². The molecule has 0 fully saturated rings. The molecule has 0 unspecified atom stereocenters. The summed E-state index contributed by atoms with van der Waals surface area (Å²) in [5, 5.41) is 200. The van der Waals surface area contributed by atoms with Gasteiger partial charge in [-0.1, -0.05) is 48.5 Å². The van der Waals surface area contributed by atoms with E-state index in [0.717, 1.165) is 36.4 Å². The molecule has 20 nitrogen and oxygen atoms in total. The molecular weight excluding hydrogens is 1140 g/mol. The molecule has 0 spiro atoms. The van der Waals surface area contributed by atoms with E-state index in [0.29, 0.717) is 32.3 Å². The van der Waals surface area contributed by atoms with Gasteiger partial charge in [0.2, 0.25) is 51.7 Å². The highest BCUT2D eigenvalue weighted by atomic mass is 19.1. The minimum atomic E-state index is -1.31. The molecule has 12 aromatic carbocycles. The number of rotatable bonds is 10. The van der Waals surface area contributed by atoms with E-state index < -0.39 is 148 Å². The molecule has 0 aliphatic carbocycles. The number of hydrogen-bond donors (Lipinski definition) is 18. The maximum atomic E-state index is 15.8. The summed E-state index contributed by atoms with van der Waals surface area (Å²) in [5.74, 6) is -23.0. The molecule has 0 aliphatic heterocycles. The third-order valence-corrected chi connectivity index (χ3v) is 15.3. The lowest BCUT2D eigenvalue weighted by Gasteiger charge is -2.30. The van der Waals surface area contributed by atoms with Gasteiger partial charge in [0.25, 0.3) is 0 Å². The first kappa shape index (κ1) is 56.2. The van der Waals surface area contributed by atoms with Crippen molar-refractivity contribution in [2.24, 2.45) is 0 Å². The highest BCUT2D eigenvalue weighted by molar-refractivity contribution is 6.39. The van der Waals surface area contributed by atoms with Crippen LogP contribution in [0, 0.1) is 11.6 Å². The topological polar surface area (TPSA) is 371 Å². The van der Waals surface area contributed by atoms with Crippen LogP contribution < -0.4 is 20.7 Å². The standard InChI is InChI=1S/C64H40B2F2N2O18/c65-45-41(48(72)57(81)62(86)54(45)78)25-15-27(43-50(74)58(82)63(87)59(83)51(43)75)19-33(17-25)69(31-5-1-3-29(67)21-31)37-13-9-23-8-12-36-38(14-10-24-7-11-35(37)39(23)40(24)36)70(32-6-2-4-30(68)22-32)34-18-26(42-47(71)46(66)55(79)56(80)49(42)73)16-28(20-34)44-52(76)60(84)64(88)61(85)53(44)77/h1-22,71-88H. The molecule has 0 heterocycles. The Balaban J connectivity index is 1.16. The Morgan fingerprint density at radius 3 is 0.932 bits per heavy atom. The Kier molecular flexibility index (Phi) is 12.9. The lowest BCUT2D eigenvalue weighted by Crippen LogP contribution is -2.13. The van der Waals surface area contributed by atoms with Crippen LogP contribution in [0.15, 0.2) is 133 Å². The Labute approximate surface area is 494 Å². The van der Waals surface area contributed by atoms with E-state index in [9.17, 15) is 91.9 Å². The predicted molar refractivity (Wildman–Crippen MR) is 322 cm³/mol. The summed E-state index contributed by atoms with van der Waals surface area (Å²) in [6, 6.07) is 31.2. The summed E-state index contributed by atoms with van der Waals surface area (Å²) in [6.07, 6.45) is 0. The van der Waals surface area contributed by atoms with Gasteiger partial charge in [0.1, 0.15) is 33.1 Å². The second-order valence-corrected chi connectivity index (χ2v) is 20.4. The van der Waals surface area contributed by atoms with Crippen LogP contribution in [0.25, 0.3) is 76.8 Å². The van der Waals surface area contributed by atoms with E-state index in [-0.39, 0.29) is 56.4 Å². The van der Waals surface area contributed by atoms with E-state index in [1.54, 1.807) is 48.5 Å². The molecule has 0 bridgehead atoms. The average molecular weight is 1180 g/mol. The fourth-order valence-corrected chi connectivity index (χ4v) is 11.2. The molecule has 0 aliphatic rings. The van der Waals surface area contributed by atoms with E-state index in [1.165, 1.54) is 58.3 Å². The molecule has 24 heteroatoms. The number of nitrogens with zero attached hydrogens (tertiary/aromatic N) is 2. The number of phenols is 18. The van der Waals surface area contributed by atoms with Crippen molar-refractivity contribution in [2.45, 2.75) is 0 Å². The van der Waals surface area contributed by atoms with Crippen LogP contribution in [0.4, 0.5) is 42.9 Å². The highest BCUT2D eigenvalue weighted by Crippen LogP contribution is 2.60. The predicted octanol–water partition coefficient (Wildman–Crippen LogP) is 10.8. The first-order valence-electron chi connectivity index (χ1n) is 25.8. The van der Waals surface area contributed by atoms with Crippen molar-refractivity contribution in [1.82, 2.24) is 0 Å². The van der Waals surface area contributed by atoms with Crippen LogP contribution in [0.1, 0.15) is 0 Å². The molecule has 0 saturated heterocycles. The zero-order valence-corrected chi connectivity index (χ0v) is 44.6. The summed E-state index contributed by atoms with van der Waals surface area (Å²) < 4.78 is 31.5. The van der Waals surface area contributed by atoms with Crippen LogP contribution in [-0.2, 0) is 0 Å². The molecule has 18 N–H and O–H groups in total. The zero-order valence-electron chi connectivity index (χ0n) is 44.6. The van der Waals surface area contributed by atoms with Crippen molar-refractivity contribution in [2.75, 3.05) is 9.80 Å². The third-order valence-electron chi connectivity index (χ3n) is 15.3. The quantitative estimate of drug-likeness (QED) is 0.0262. The van der Waals surface area contributed by atoms with Crippen LogP contribution >= 0.6 is 0 Å². The zero-order chi connectivity index (χ0) is 63.0. The molecule has 0 amide bonds. The van der Waals surface area contributed by atoms with E-state index in [1.807, 2.05) is 0 Å². The fraction of sp³-hybridized carbons (Fsp3) is 0. The number of phenolic OH excluding ortho intramolecular Hbond substituents is 18. The van der Waals surface area contributed by atoms with Gasteiger partial charge in [-0.05, 0) is 140 Å². The molecule has 12 aromatic rings. The summed E-state index contributed by atoms with van der Waals surface area (Å²) >= 11 is 0. The summed E-state index contributed by atoms with van der Waals surface area (Å²) in [6.45, 7) is 0. The second-order valence-electron chi connectivity index (χ2n) is 20.4. The Morgan fingerprint density at radius 2 is 0.557 bits per heavy atom. The first-order chi connectivity index (χ1) is 41.8. The SMILES string of the molecule is [B]c1c(O)c(O)c(O)c(-c2cc(-c3c(O)c(O)c(O)c(O)c3O)cc(N(c3cccc(F)c3)c3ccc4ccc5c(N(c6cccc(F)c6)c6cc(-c7c([B])c(O)c(O)c(O)c7O)cc(-c7c(O)c(O)c(O)c(O)c7O)c6)ccc6ccc3c4c65)c2)c1O. The van der Waals surface area contributed by atoms with Gasteiger partial charge in [0, 0.05) is 39.1 Å². The molecule has 0 aromatic heterocycles. The highest BCUT2D eigenvalue weighted by Gasteiger charge is 2.32. The molecule has 12 rings (SSSR count). The van der Waals surface area contributed by atoms with E-state index >= 15 is 8.78 Å². The first-order valence-corrected chi connectivity index (χ1v) is 25.8. The van der Waals surface area contributed by atoms with Gasteiger partial charge in [-0.15, -0.1) is 0 Å². The van der Waals surface area contributed by atoms with E-state index in [2.05, 4.69) is 0 Å². The minimum Gasteiger partial charge on any atom is -0.508 e. The maximum Gasteiger partial charge on any atom is 0.208 e. The fourth-order valence-electron chi connectivity index (χ4n) is 11.2. The van der Waals surface area contributed by atoms with Crippen molar-refractivity contribution in [1.29, 1.82) is 0 Å². The van der Waals surface area contributed by atoms with Gasteiger partial charge in [-0.3, -0.25) is 0 Å². The molecule has 434 valence electrons. The Hall–Kier alpha value is -12.3. The van der Waals surface area contributed by atoms with Crippen molar-refractivity contribution in [3.8, 4) is 148 Å². The number of aromatic hydroxyl groups is 18. The maximum absolute atomic E-state index is 15.8. The van der Waals surface area contributed by atoms with Crippen molar-refractivity contribution < 1.29 is 101 Å². The van der Waals surface area contributed by atoms with Crippen molar-refractivity contribution in [3.63, 3.8) is 0 Å². The Morgan fingerprint density at radius 1 is 0.261 bits per heavy atom. The monoisotopic (exact) mass is 1180 g/mol. The molecule has 0 saturated carbocycles. The minimum absolute atomic E-state index is 0.0624. The van der Waals surface area contributed by atoms with Crippen LogP contribution in [0.5, 0.6) is 103 Å². The van der Waals surface area contributed by atoms with Crippen molar-refractivity contribution >= 4 is 93.1 Å². The molecule has 88 heavy (non-hydrogen) atoms.